The van der Waals surface area contributed by atoms with Crippen LogP contribution in [-0.2, 0) is 0 Å². The fraction of sp³-hybridized carbons (Fsp3) is 0.533. The number of anilines is 1. The van der Waals surface area contributed by atoms with Gasteiger partial charge < -0.3 is 10.7 Å². The molecule has 0 fully saturated rings. The molecular weight excluding hydrogens is 257 g/mol. The van der Waals surface area contributed by atoms with Crippen LogP contribution in [0.25, 0.3) is 0 Å². The topological polar surface area (TPSA) is 67.2 Å². The minimum absolute atomic E-state index is 0.0107. The number of hydrogen-bond acceptors (Lipinski definition) is 3. The van der Waals surface area contributed by atoms with Crippen molar-refractivity contribution in [2.45, 2.75) is 46.6 Å². The van der Waals surface area contributed by atoms with Crippen molar-refractivity contribution in [1.29, 1.82) is 0 Å². The maximum absolute atomic E-state index is 13.6. The molecule has 20 heavy (non-hydrogen) atoms. The lowest BCUT2D eigenvalue weighted by atomic mass is 9.81. The number of amides is 1. The molecule has 0 unspecified atom stereocenters. The van der Waals surface area contributed by atoms with Crippen LogP contribution in [-0.4, -0.2) is 11.4 Å². The Hall–Kier alpha value is -1.62. The summed E-state index contributed by atoms with van der Waals surface area (Å²) in [5.41, 5.74) is 2.14. The summed E-state index contributed by atoms with van der Waals surface area (Å²) in [6.45, 7) is 10.2. The molecule has 1 aromatic carbocycles. The molecule has 5 heteroatoms. The molecule has 0 radical (unpaired) electrons. The lowest BCUT2D eigenvalue weighted by Gasteiger charge is -2.33. The van der Waals surface area contributed by atoms with Crippen molar-refractivity contribution in [2.75, 3.05) is 5.43 Å². The molecule has 112 valence electrons. The number of nitrogens with one attached hydrogen (secondary N) is 2. The predicted molar refractivity (Wildman–Crippen MR) is 79.8 cm³/mol. The van der Waals surface area contributed by atoms with Crippen LogP contribution < -0.4 is 16.6 Å². The summed E-state index contributed by atoms with van der Waals surface area (Å²) in [5.74, 6) is 4.40. The molecule has 1 aromatic rings. The molecule has 1 amide bonds. The molecule has 0 bridgehead atoms. The Kier molecular flexibility index (Phi) is 4.76. The highest BCUT2D eigenvalue weighted by Crippen LogP contribution is 2.27. The van der Waals surface area contributed by atoms with E-state index in [9.17, 15) is 9.18 Å². The van der Waals surface area contributed by atoms with E-state index in [1.807, 2.05) is 13.8 Å². The van der Waals surface area contributed by atoms with E-state index in [1.54, 1.807) is 6.07 Å². The summed E-state index contributed by atoms with van der Waals surface area (Å²) in [7, 11) is 0. The van der Waals surface area contributed by atoms with E-state index in [1.165, 1.54) is 12.1 Å². The summed E-state index contributed by atoms with van der Waals surface area (Å²) in [5, 5.41) is 2.93. The lowest BCUT2D eigenvalue weighted by Crippen LogP contribution is -2.46. The average molecular weight is 281 g/mol. The highest BCUT2D eigenvalue weighted by molar-refractivity contribution is 6.00. The van der Waals surface area contributed by atoms with Crippen LogP contribution in [0.3, 0.4) is 0 Å². The fourth-order valence-corrected chi connectivity index (χ4v) is 2.60. The van der Waals surface area contributed by atoms with Crippen LogP contribution in [0.2, 0.25) is 0 Å². The van der Waals surface area contributed by atoms with Gasteiger partial charge in [0.15, 0.2) is 0 Å². The smallest absolute Gasteiger partial charge is 0.253 e. The van der Waals surface area contributed by atoms with Gasteiger partial charge in [-0.05, 0) is 37.8 Å². The summed E-state index contributed by atoms with van der Waals surface area (Å²) in [6.07, 6.45) is 0.798. The van der Waals surface area contributed by atoms with Crippen molar-refractivity contribution in [3.63, 3.8) is 0 Å². The van der Waals surface area contributed by atoms with E-state index < -0.39 is 11.4 Å². The first-order chi connectivity index (χ1) is 9.06. The average Bonchev–Trinajstić information content (AvgIpc) is 2.24. The Bertz CT molecular complexity index is 492. The minimum Gasteiger partial charge on any atom is -0.347 e. The standard InChI is InChI=1S/C15H24FN3O/c1-14(2,3)9-15(4,5)18-13(20)10-7-6-8-11(16)12(10)19-17/h6-8,19H,9,17H2,1-5H3,(H,18,20). The number of halogens is 1. The van der Waals surface area contributed by atoms with Gasteiger partial charge in [-0.2, -0.15) is 0 Å². The molecule has 0 saturated heterocycles. The quantitative estimate of drug-likeness (QED) is 0.587. The Labute approximate surface area is 119 Å². The second-order valence-electron chi connectivity index (χ2n) is 6.88. The van der Waals surface area contributed by atoms with E-state index in [0.717, 1.165) is 6.42 Å². The first kappa shape index (κ1) is 16.4. The minimum atomic E-state index is -0.547. The van der Waals surface area contributed by atoms with Crippen molar-refractivity contribution in [3.8, 4) is 0 Å². The largest absolute Gasteiger partial charge is 0.347 e. The second-order valence-corrected chi connectivity index (χ2v) is 6.88. The zero-order chi connectivity index (χ0) is 15.6. The maximum Gasteiger partial charge on any atom is 0.253 e. The normalized spacial score (nSPS) is 12.2. The number of para-hydroxylation sites is 1. The van der Waals surface area contributed by atoms with Crippen molar-refractivity contribution in [1.82, 2.24) is 5.32 Å². The van der Waals surface area contributed by atoms with Gasteiger partial charge in [-0.15, -0.1) is 0 Å². The number of nitrogen functional groups attached to an aromatic ring is 1. The molecule has 4 nitrogen and oxygen atoms in total. The number of carbonyl (C=O) groups excluding carboxylic acids is 1. The van der Waals surface area contributed by atoms with Gasteiger partial charge in [0.25, 0.3) is 5.91 Å². The first-order valence-electron chi connectivity index (χ1n) is 6.63. The molecule has 0 aliphatic rings. The van der Waals surface area contributed by atoms with Crippen LogP contribution in [0.15, 0.2) is 18.2 Å². The fourth-order valence-electron chi connectivity index (χ4n) is 2.60. The zero-order valence-corrected chi connectivity index (χ0v) is 12.8. The zero-order valence-electron chi connectivity index (χ0n) is 12.8. The Balaban J connectivity index is 2.95. The van der Waals surface area contributed by atoms with Gasteiger partial charge in [0.05, 0.1) is 11.3 Å². The molecular formula is C15H24FN3O. The highest BCUT2D eigenvalue weighted by Gasteiger charge is 2.28. The summed E-state index contributed by atoms with van der Waals surface area (Å²) in [4.78, 5) is 12.3. The molecule has 0 spiro atoms. The van der Waals surface area contributed by atoms with Crippen LogP contribution in [0.1, 0.15) is 51.4 Å². The molecule has 0 aliphatic carbocycles. The highest BCUT2D eigenvalue weighted by atomic mass is 19.1. The van der Waals surface area contributed by atoms with Gasteiger partial charge in [-0.25, -0.2) is 4.39 Å². The summed E-state index contributed by atoms with van der Waals surface area (Å²) < 4.78 is 13.6. The molecule has 0 saturated carbocycles. The number of carbonyl (C=O) groups is 1. The second kappa shape index (κ2) is 5.79. The van der Waals surface area contributed by atoms with Gasteiger partial charge in [-0.3, -0.25) is 10.6 Å². The van der Waals surface area contributed by atoms with Crippen LogP contribution in [0.4, 0.5) is 10.1 Å². The van der Waals surface area contributed by atoms with Crippen molar-refractivity contribution in [2.24, 2.45) is 11.3 Å². The van der Waals surface area contributed by atoms with Crippen LogP contribution in [0, 0.1) is 11.2 Å². The van der Waals surface area contributed by atoms with Gasteiger partial charge in [0.1, 0.15) is 5.82 Å². The maximum atomic E-state index is 13.6. The number of rotatable bonds is 4. The van der Waals surface area contributed by atoms with Crippen LogP contribution >= 0.6 is 0 Å². The van der Waals surface area contributed by atoms with Crippen molar-refractivity contribution in [3.05, 3.63) is 29.6 Å². The van der Waals surface area contributed by atoms with E-state index in [4.69, 9.17) is 5.84 Å². The monoisotopic (exact) mass is 281 g/mol. The number of benzene rings is 1. The van der Waals surface area contributed by atoms with E-state index >= 15 is 0 Å². The van der Waals surface area contributed by atoms with Gasteiger partial charge >= 0.3 is 0 Å². The number of hydrazine groups is 1. The van der Waals surface area contributed by atoms with Crippen molar-refractivity contribution < 1.29 is 9.18 Å². The molecule has 0 atom stereocenters. The number of hydrogen-bond donors (Lipinski definition) is 3. The Morgan fingerprint density at radius 1 is 1.25 bits per heavy atom. The lowest BCUT2D eigenvalue weighted by molar-refractivity contribution is 0.0892. The Morgan fingerprint density at radius 3 is 2.35 bits per heavy atom. The van der Waals surface area contributed by atoms with Crippen molar-refractivity contribution >= 4 is 11.6 Å². The Morgan fingerprint density at radius 2 is 1.85 bits per heavy atom. The first-order valence-corrected chi connectivity index (χ1v) is 6.63. The van der Waals surface area contributed by atoms with Gasteiger partial charge in [0.2, 0.25) is 0 Å². The molecule has 1 rings (SSSR count). The molecule has 0 aromatic heterocycles. The van der Waals surface area contributed by atoms with Gasteiger partial charge in [-0.1, -0.05) is 26.8 Å². The third-order valence-corrected chi connectivity index (χ3v) is 2.83. The SMILES string of the molecule is CC(C)(C)CC(C)(C)NC(=O)c1cccc(F)c1NN. The van der Waals surface area contributed by atoms with E-state index in [2.05, 4.69) is 31.5 Å². The third kappa shape index (κ3) is 4.49. The number of nitrogens with two attached hydrogens (primary N) is 1. The molecule has 4 N–H and O–H groups in total. The third-order valence-electron chi connectivity index (χ3n) is 2.83. The van der Waals surface area contributed by atoms with E-state index in [-0.39, 0.29) is 22.6 Å². The van der Waals surface area contributed by atoms with Crippen LogP contribution in [0.5, 0.6) is 0 Å². The molecule has 0 aliphatic heterocycles. The van der Waals surface area contributed by atoms with Gasteiger partial charge in [0, 0.05) is 5.54 Å². The molecule has 0 heterocycles. The summed E-state index contributed by atoms with van der Waals surface area (Å²) >= 11 is 0. The summed E-state index contributed by atoms with van der Waals surface area (Å²) in [6, 6.07) is 4.29. The predicted octanol–water partition coefficient (Wildman–Crippen LogP) is 3.06. The van der Waals surface area contributed by atoms with E-state index in [0.29, 0.717) is 0 Å².